The molecule has 6 unspecified atom stereocenters. The molecule has 0 aliphatic carbocycles. The second-order valence-corrected chi connectivity index (χ2v) is 18.1. The van der Waals surface area contributed by atoms with Crippen LogP contribution in [0.25, 0.3) is 0 Å². The molecule has 1 aliphatic rings. The summed E-state index contributed by atoms with van der Waals surface area (Å²) in [5, 5.41) is 31.4. The molecule has 12 heteroatoms. The van der Waals surface area contributed by atoms with Crippen molar-refractivity contribution < 1.29 is 58.2 Å². The Hall–Kier alpha value is -4.88. The van der Waals surface area contributed by atoms with Crippen molar-refractivity contribution in [2.45, 2.75) is 225 Å². The Labute approximate surface area is 439 Å². The number of rotatable bonds is 44. The highest BCUT2D eigenvalue weighted by atomic mass is 16.7. The number of unbranched alkanes of at least 4 members (excludes halogenated alkanes) is 10. The number of aliphatic carboxylic acids is 1. The van der Waals surface area contributed by atoms with Crippen molar-refractivity contribution in [2.75, 3.05) is 13.2 Å². The number of allylic oxidation sites excluding steroid dienone is 20. The van der Waals surface area contributed by atoms with Crippen molar-refractivity contribution in [1.29, 1.82) is 0 Å². The van der Waals surface area contributed by atoms with E-state index in [0.29, 0.717) is 25.7 Å². The van der Waals surface area contributed by atoms with Gasteiger partial charge in [0.15, 0.2) is 24.6 Å². The van der Waals surface area contributed by atoms with E-state index in [1.807, 2.05) is 12.2 Å². The first-order valence-corrected chi connectivity index (χ1v) is 27.5. The van der Waals surface area contributed by atoms with Gasteiger partial charge in [0.2, 0.25) is 0 Å². The number of carbonyl (C=O) groups excluding carboxylic acids is 3. The number of aliphatic hydroxyl groups is 2. The molecule has 0 aromatic carbocycles. The van der Waals surface area contributed by atoms with Gasteiger partial charge < -0.3 is 39.0 Å². The molecule has 1 heterocycles. The average molecular weight is 1020 g/mol. The minimum atomic E-state index is -1.92. The van der Waals surface area contributed by atoms with Crippen molar-refractivity contribution >= 4 is 23.9 Å². The Balaban J connectivity index is 2.80. The topological polar surface area (TPSA) is 175 Å². The molecule has 0 bridgehead atoms. The van der Waals surface area contributed by atoms with Gasteiger partial charge >= 0.3 is 23.9 Å². The number of hydrogen-bond acceptors (Lipinski definition) is 11. The number of esters is 3. The normalized spacial score (nSPS) is 19.3. The van der Waals surface area contributed by atoms with E-state index in [0.717, 1.165) is 109 Å². The van der Waals surface area contributed by atoms with Gasteiger partial charge in [0.05, 0.1) is 6.61 Å². The Morgan fingerprint density at radius 3 is 1.40 bits per heavy atom. The first kappa shape index (κ1) is 66.1. The largest absolute Gasteiger partial charge is 0.479 e. The molecular formula is C61H94O12. The SMILES string of the molecule is CC/C=C\C/C=C\C/C=C\C/C=C\C/C=C\CCCC(=O)OCC(COC1OC(C(=O)O)C(O)C(O)C1OC(=O)CCCCCCC/C=C\CCCC)OC(=O)CCCC/C=C\C/C=C\C/C=C\C/C=C\CC. The van der Waals surface area contributed by atoms with Crippen LogP contribution in [0.3, 0.4) is 0 Å². The fraction of sp³-hybridized carbons (Fsp3) is 0.607. The highest BCUT2D eigenvalue weighted by Crippen LogP contribution is 2.26. The molecule has 0 saturated carbocycles. The first-order valence-electron chi connectivity index (χ1n) is 27.5. The van der Waals surface area contributed by atoms with E-state index in [2.05, 4.69) is 130 Å². The van der Waals surface area contributed by atoms with Crippen LogP contribution in [-0.2, 0) is 42.9 Å². The summed E-state index contributed by atoms with van der Waals surface area (Å²) in [4.78, 5) is 50.9. The average Bonchev–Trinajstić information content (AvgIpc) is 3.37. The number of hydrogen-bond donors (Lipinski definition) is 3. The minimum absolute atomic E-state index is 0.0326. The third kappa shape index (κ3) is 38.4. The van der Waals surface area contributed by atoms with Crippen LogP contribution in [-0.4, -0.2) is 89.2 Å². The molecule has 0 aromatic rings. The lowest BCUT2D eigenvalue weighted by molar-refractivity contribution is -0.301. The molecule has 0 aromatic heterocycles. The van der Waals surface area contributed by atoms with Gasteiger partial charge in [-0.05, 0) is 116 Å². The van der Waals surface area contributed by atoms with Gasteiger partial charge in [-0.3, -0.25) is 14.4 Å². The molecule has 0 radical (unpaired) electrons. The van der Waals surface area contributed by atoms with E-state index in [1.54, 1.807) is 0 Å². The lowest BCUT2D eigenvalue weighted by Gasteiger charge is -2.40. The standard InChI is InChI=1S/C61H94O12/c1-4-7-10-13-16-19-22-24-26-27-29-30-33-35-38-41-44-47-53(62)69-50-52(71-54(63)48-45-42-39-37-34-31-28-25-23-20-17-14-11-8-5-2)51-70-61-59(57(66)56(65)58(73-61)60(67)68)72-55(64)49-46-43-40-36-32-21-18-15-12-9-6-3/h7-8,10-11,15-20,24-26,28-30,34-35,37-38,52,56-59,61,65-66H,4-6,9,12-14,21-23,27,31-33,36,39-51H2,1-3H3,(H,67,68)/b10-7-,11-8-,18-15-,19-16-,20-17-,26-24-,28-25-,30-29-,37-34-,38-35-. The highest BCUT2D eigenvalue weighted by molar-refractivity contribution is 5.74. The van der Waals surface area contributed by atoms with Gasteiger partial charge in [-0.25, -0.2) is 4.79 Å². The van der Waals surface area contributed by atoms with Crippen LogP contribution >= 0.6 is 0 Å². The van der Waals surface area contributed by atoms with E-state index in [9.17, 15) is 34.5 Å². The molecular weight excluding hydrogens is 925 g/mol. The van der Waals surface area contributed by atoms with E-state index in [4.69, 9.17) is 23.7 Å². The lowest BCUT2D eigenvalue weighted by atomic mass is 9.98. The fourth-order valence-corrected chi connectivity index (χ4v) is 7.31. The van der Waals surface area contributed by atoms with E-state index >= 15 is 0 Å². The Kier molecular flexibility index (Phi) is 43.6. The van der Waals surface area contributed by atoms with Gasteiger partial charge in [0, 0.05) is 19.3 Å². The van der Waals surface area contributed by atoms with Gasteiger partial charge in [-0.1, -0.05) is 174 Å². The van der Waals surface area contributed by atoms with Gasteiger partial charge in [0.1, 0.15) is 18.8 Å². The van der Waals surface area contributed by atoms with Crippen LogP contribution in [0.4, 0.5) is 0 Å². The number of carboxylic acid groups (broad SMARTS) is 1. The smallest absolute Gasteiger partial charge is 0.335 e. The molecule has 1 aliphatic heterocycles. The van der Waals surface area contributed by atoms with Crippen molar-refractivity contribution in [1.82, 2.24) is 0 Å². The molecule has 0 amide bonds. The molecule has 73 heavy (non-hydrogen) atoms. The molecule has 6 atom stereocenters. The Morgan fingerprint density at radius 1 is 0.466 bits per heavy atom. The molecule has 12 nitrogen and oxygen atoms in total. The molecule has 1 saturated heterocycles. The third-order valence-electron chi connectivity index (χ3n) is 11.5. The maximum atomic E-state index is 13.1. The van der Waals surface area contributed by atoms with Crippen molar-refractivity contribution in [3.8, 4) is 0 Å². The van der Waals surface area contributed by atoms with Crippen molar-refractivity contribution in [3.63, 3.8) is 0 Å². The van der Waals surface area contributed by atoms with Crippen LogP contribution in [0.1, 0.15) is 188 Å². The van der Waals surface area contributed by atoms with Crippen molar-refractivity contribution in [2.24, 2.45) is 0 Å². The summed E-state index contributed by atoms with van der Waals surface area (Å²) in [5.41, 5.74) is 0. The van der Waals surface area contributed by atoms with E-state index in [1.165, 1.54) is 12.8 Å². The number of carbonyl (C=O) groups is 4. The first-order chi connectivity index (χ1) is 35.6. The maximum absolute atomic E-state index is 13.1. The predicted octanol–water partition coefficient (Wildman–Crippen LogP) is 13.7. The molecule has 3 N–H and O–H groups in total. The number of aliphatic hydroxyl groups excluding tert-OH is 2. The Morgan fingerprint density at radius 2 is 0.877 bits per heavy atom. The summed E-state index contributed by atoms with van der Waals surface area (Å²) in [6, 6.07) is 0. The molecule has 1 fully saturated rings. The predicted molar refractivity (Wildman–Crippen MR) is 293 cm³/mol. The van der Waals surface area contributed by atoms with E-state index in [-0.39, 0.29) is 25.9 Å². The monoisotopic (exact) mass is 1020 g/mol. The highest BCUT2D eigenvalue weighted by Gasteiger charge is 2.50. The number of ether oxygens (including phenoxy) is 5. The van der Waals surface area contributed by atoms with Crippen LogP contribution < -0.4 is 0 Å². The second-order valence-electron chi connectivity index (χ2n) is 18.1. The summed E-state index contributed by atoms with van der Waals surface area (Å²) < 4.78 is 28.2. The lowest BCUT2D eigenvalue weighted by Crippen LogP contribution is -2.61. The summed E-state index contributed by atoms with van der Waals surface area (Å²) in [5.74, 6) is -3.29. The van der Waals surface area contributed by atoms with Crippen LogP contribution in [0, 0.1) is 0 Å². The summed E-state index contributed by atoms with van der Waals surface area (Å²) in [6.07, 6.45) is 53.4. The molecule has 1 rings (SSSR count). The Bertz CT molecular complexity index is 1730. The third-order valence-corrected chi connectivity index (χ3v) is 11.5. The zero-order chi connectivity index (χ0) is 53.3. The minimum Gasteiger partial charge on any atom is -0.479 e. The van der Waals surface area contributed by atoms with Crippen LogP contribution in [0.5, 0.6) is 0 Å². The van der Waals surface area contributed by atoms with Gasteiger partial charge in [-0.2, -0.15) is 0 Å². The van der Waals surface area contributed by atoms with Gasteiger partial charge in [-0.15, -0.1) is 0 Å². The van der Waals surface area contributed by atoms with Crippen LogP contribution in [0.2, 0.25) is 0 Å². The quantitative estimate of drug-likeness (QED) is 0.0228. The fourth-order valence-electron chi connectivity index (χ4n) is 7.31. The van der Waals surface area contributed by atoms with E-state index < -0.39 is 67.3 Å². The molecule has 410 valence electrons. The zero-order valence-electron chi connectivity index (χ0n) is 44.8. The zero-order valence-corrected chi connectivity index (χ0v) is 44.8. The summed E-state index contributed by atoms with van der Waals surface area (Å²) in [7, 11) is 0. The summed E-state index contributed by atoms with van der Waals surface area (Å²) in [6.45, 7) is 5.60. The van der Waals surface area contributed by atoms with Crippen molar-refractivity contribution in [3.05, 3.63) is 122 Å². The number of carboxylic acids is 1. The van der Waals surface area contributed by atoms with Crippen LogP contribution in [0.15, 0.2) is 122 Å². The maximum Gasteiger partial charge on any atom is 0.335 e. The summed E-state index contributed by atoms with van der Waals surface area (Å²) >= 11 is 0. The second kappa shape index (κ2) is 48.1. The van der Waals surface area contributed by atoms with Gasteiger partial charge in [0.25, 0.3) is 0 Å². The molecule has 0 spiro atoms.